The number of hydrogen-bond donors (Lipinski definition) is 1. The summed E-state index contributed by atoms with van der Waals surface area (Å²) in [6.07, 6.45) is 2.22. The highest BCUT2D eigenvalue weighted by molar-refractivity contribution is 8.02. The summed E-state index contributed by atoms with van der Waals surface area (Å²) >= 11 is 1.34. The van der Waals surface area contributed by atoms with E-state index in [4.69, 9.17) is 0 Å². The third kappa shape index (κ3) is 4.12. The molecule has 0 bridgehead atoms. The zero-order valence-electron chi connectivity index (χ0n) is 12.0. The molecule has 2 fully saturated rings. The molecule has 1 N–H and O–H groups in total. The lowest BCUT2D eigenvalue weighted by molar-refractivity contribution is -0.153. The Bertz CT molecular complexity index is 519. The zero-order chi connectivity index (χ0) is 15.6. The standard InChI is InChI=1S/C13H21NO5S2/c1-9-3-2-5-14(12(9)13(16)17)11(15)7-20-10-4-6-21(18,19)8-10/h9-10,12H,2-8H2,1H3,(H,16,17). The number of carboxylic acids is 1. The number of carbonyl (C=O) groups is 2. The van der Waals surface area contributed by atoms with Gasteiger partial charge < -0.3 is 10.0 Å². The van der Waals surface area contributed by atoms with Crippen LogP contribution in [-0.4, -0.2) is 65.4 Å². The number of nitrogens with zero attached hydrogens (tertiary/aromatic N) is 1. The Hall–Kier alpha value is -0.760. The Morgan fingerprint density at radius 3 is 2.62 bits per heavy atom. The van der Waals surface area contributed by atoms with E-state index in [1.54, 1.807) is 0 Å². The molecule has 0 aromatic heterocycles. The number of thioether (sulfide) groups is 1. The minimum absolute atomic E-state index is 0.0376. The molecule has 0 aromatic carbocycles. The lowest BCUT2D eigenvalue weighted by Crippen LogP contribution is -2.52. The molecule has 2 heterocycles. The molecule has 2 saturated heterocycles. The van der Waals surface area contributed by atoms with E-state index in [2.05, 4.69) is 0 Å². The average molecular weight is 335 g/mol. The van der Waals surface area contributed by atoms with Crippen molar-refractivity contribution in [2.45, 2.75) is 37.5 Å². The second-order valence-electron chi connectivity index (χ2n) is 5.83. The quantitative estimate of drug-likeness (QED) is 0.810. The largest absolute Gasteiger partial charge is 0.480 e. The summed E-state index contributed by atoms with van der Waals surface area (Å²) in [5.41, 5.74) is 0. The van der Waals surface area contributed by atoms with E-state index in [0.29, 0.717) is 13.0 Å². The third-order valence-electron chi connectivity index (χ3n) is 4.14. The SMILES string of the molecule is CC1CCCN(C(=O)CSC2CCS(=O)(=O)C2)C1C(=O)O. The monoisotopic (exact) mass is 335 g/mol. The Morgan fingerprint density at radius 2 is 2.05 bits per heavy atom. The van der Waals surface area contributed by atoms with Gasteiger partial charge in [-0.1, -0.05) is 6.92 Å². The first-order valence-corrected chi connectivity index (χ1v) is 10.0. The van der Waals surface area contributed by atoms with E-state index in [9.17, 15) is 23.1 Å². The zero-order valence-corrected chi connectivity index (χ0v) is 13.7. The molecule has 0 saturated carbocycles. The lowest BCUT2D eigenvalue weighted by Gasteiger charge is -2.37. The minimum Gasteiger partial charge on any atom is -0.480 e. The van der Waals surface area contributed by atoms with Crippen molar-refractivity contribution in [1.82, 2.24) is 4.90 Å². The summed E-state index contributed by atoms with van der Waals surface area (Å²) in [6, 6.07) is -0.751. The van der Waals surface area contributed by atoms with Gasteiger partial charge in [0.2, 0.25) is 5.91 Å². The molecule has 0 aromatic rings. The van der Waals surface area contributed by atoms with Gasteiger partial charge in [-0.05, 0) is 25.2 Å². The van der Waals surface area contributed by atoms with Crippen LogP contribution in [0.25, 0.3) is 0 Å². The van der Waals surface area contributed by atoms with Crippen LogP contribution in [0.3, 0.4) is 0 Å². The van der Waals surface area contributed by atoms with E-state index >= 15 is 0 Å². The van der Waals surface area contributed by atoms with Crippen LogP contribution in [0.4, 0.5) is 0 Å². The van der Waals surface area contributed by atoms with E-state index in [1.807, 2.05) is 6.92 Å². The minimum atomic E-state index is -2.94. The summed E-state index contributed by atoms with van der Waals surface area (Å²) < 4.78 is 22.8. The highest BCUT2D eigenvalue weighted by Gasteiger charge is 2.37. The van der Waals surface area contributed by atoms with Crippen LogP contribution in [0.15, 0.2) is 0 Å². The summed E-state index contributed by atoms with van der Waals surface area (Å²) in [6.45, 7) is 2.33. The maximum atomic E-state index is 12.3. The van der Waals surface area contributed by atoms with Crippen molar-refractivity contribution < 1.29 is 23.1 Å². The molecule has 120 valence electrons. The molecular formula is C13H21NO5S2. The Balaban J connectivity index is 1.91. The van der Waals surface area contributed by atoms with E-state index < -0.39 is 21.8 Å². The normalized spacial score (nSPS) is 32.0. The topological polar surface area (TPSA) is 91.8 Å². The van der Waals surface area contributed by atoms with Crippen LogP contribution >= 0.6 is 11.8 Å². The first kappa shape index (κ1) is 16.6. The van der Waals surface area contributed by atoms with Crippen molar-refractivity contribution in [2.75, 3.05) is 23.8 Å². The predicted molar refractivity (Wildman–Crippen MR) is 81.1 cm³/mol. The second kappa shape index (κ2) is 6.56. The number of likely N-dealkylation sites (tertiary alicyclic amines) is 1. The number of rotatable bonds is 4. The Kier molecular flexibility index (Phi) is 5.19. The summed E-state index contributed by atoms with van der Waals surface area (Å²) in [5, 5.41) is 9.26. The number of hydrogen-bond acceptors (Lipinski definition) is 5. The molecule has 2 aliphatic rings. The van der Waals surface area contributed by atoms with Gasteiger partial charge in [0, 0.05) is 11.8 Å². The molecule has 0 spiro atoms. The number of piperidine rings is 1. The molecule has 6 nitrogen and oxygen atoms in total. The van der Waals surface area contributed by atoms with Crippen LogP contribution in [0.1, 0.15) is 26.2 Å². The smallest absolute Gasteiger partial charge is 0.326 e. The van der Waals surface area contributed by atoms with Gasteiger partial charge in [-0.25, -0.2) is 13.2 Å². The van der Waals surface area contributed by atoms with E-state index in [1.165, 1.54) is 16.7 Å². The summed E-state index contributed by atoms with van der Waals surface area (Å²) in [5.74, 6) is -0.707. The van der Waals surface area contributed by atoms with Gasteiger partial charge >= 0.3 is 5.97 Å². The molecule has 0 radical (unpaired) electrons. The van der Waals surface area contributed by atoms with Crippen LogP contribution in [0.2, 0.25) is 0 Å². The van der Waals surface area contributed by atoms with Crippen LogP contribution in [0, 0.1) is 5.92 Å². The van der Waals surface area contributed by atoms with Crippen molar-refractivity contribution in [3.05, 3.63) is 0 Å². The van der Waals surface area contributed by atoms with Gasteiger partial charge in [0.25, 0.3) is 0 Å². The summed E-state index contributed by atoms with van der Waals surface area (Å²) in [4.78, 5) is 25.1. The predicted octanol–water partition coefficient (Wildman–Crippen LogP) is 0.618. The van der Waals surface area contributed by atoms with Gasteiger partial charge in [0.1, 0.15) is 6.04 Å². The van der Waals surface area contributed by atoms with Gasteiger partial charge in [-0.15, -0.1) is 11.8 Å². The number of aliphatic carboxylic acids is 1. The van der Waals surface area contributed by atoms with Gasteiger partial charge in [0.15, 0.2) is 9.84 Å². The van der Waals surface area contributed by atoms with Crippen LogP contribution in [0.5, 0.6) is 0 Å². The van der Waals surface area contributed by atoms with E-state index in [-0.39, 0.29) is 34.3 Å². The molecule has 1 amide bonds. The molecule has 0 aliphatic carbocycles. The van der Waals surface area contributed by atoms with Crippen molar-refractivity contribution in [3.8, 4) is 0 Å². The number of amides is 1. The maximum Gasteiger partial charge on any atom is 0.326 e. The Morgan fingerprint density at radius 1 is 1.33 bits per heavy atom. The van der Waals surface area contributed by atoms with Crippen molar-refractivity contribution >= 4 is 33.5 Å². The highest BCUT2D eigenvalue weighted by Crippen LogP contribution is 2.27. The van der Waals surface area contributed by atoms with Crippen LogP contribution < -0.4 is 0 Å². The number of carboxylic acid groups (broad SMARTS) is 1. The third-order valence-corrected chi connectivity index (χ3v) is 7.41. The van der Waals surface area contributed by atoms with Crippen molar-refractivity contribution in [3.63, 3.8) is 0 Å². The fourth-order valence-corrected chi connectivity index (χ4v) is 6.54. The van der Waals surface area contributed by atoms with Crippen molar-refractivity contribution in [2.24, 2.45) is 5.92 Å². The average Bonchev–Trinajstić information content (AvgIpc) is 2.74. The maximum absolute atomic E-state index is 12.3. The first-order chi connectivity index (χ1) is 9.80. The first-order valence-electron chi connectivity index (χ1n) is 7.14. The van der Waals surface area contributed by atoms with Gasteiger partial charge in [0.05, 0.1) is 17.3 Å². The molecule has 2 aliphatic heterocycles. The number of carbonyl (C=O) groups excluding carboxylic acids is 1. The Labute approximate surface area is 129 Å². The van der Waals surface area contributed by atoms with Crippen molar-refractivity contribution in [1.29, 1.82) is 0 Å². The molecule has 3 unspecified atom stereocenters. The molecule has 21 heavy (non-hydrogen) atoms. The summed E-state index contributed by atoms with van der Waals surface area (Å²) in [7, 11) is -2.94. The fraction of sp³-hybridized carbons (Fsp3) is 0.846. The molecular weight excluding hydrogens is 314 g/mol. The lowest BCUT2D eigenvalue weighted by atomic mass is 9.91. The van der Waals surface area contributed by atoms with E-state index in [0.717, 1.165) is 12.8 Å². The highest BCUT2D eigenvalue weighted by atomic mass is 32.2. The molecule has 3 atom stereocenters. The number of sulfone groups is 1. The van der Waals surface area contributed by atoms with Gasteiger partial charge in [-0.2, -0.15) is 0 Å². The molecule has 8 heteroatoms. The second-order valence-corrected chi connectivity index (χ2v) is 9.34. The van der Waals surface area contributed by atoms with Gasteiger partial charge in [-0.3, -0.25) is 4.79 Å². The molecule has 2 rings (SSSR count). The fourth-order valence-electron chi connectivity index (χ4n) is 3.01. The van der Waals surface area contributed by atoms with Crippen LogP contribution in [-0.2, 0) is 19.4 Å².